The zero-order valence-corrected chi connectivity index (χ0v) is 14.4. The standard InChI is InChI=1S/C17H28BrN/c1-5-12-19-16(10-11-17(2,3)4)13-14-6-8-15(18)9-7-14/h6-9,16,19H,5,10-13H2,1-4H3. The molecule has 0 saturated carbocycles. The van der Waals surface area contributed by atoms with Crippen molar-refractivity contribution in [3.05, 3.63) is 34.3 Å². The van der Waals surface area contributed by atoms with Gasteiger partial charge in [-0.2, -0.15) is 0 Å². The summed E-state index contributed by atoms with van der Waals surface area (Å²) in [6.07, 6.45) is 4.85. The molecule has 1 aromatic carbocycles. The Hall–Kier alpha value is -0.340. The Morgan fingerprint density at radius 1 is 1.16 bits per heavy atom. The van der Waals surface area contributed by atoms with Crippen LogP contribution in [0.1, 0.15) is 52.5 Å². The van der Waals surface area contributed by atoms with Gasteiger partial charge in [-0.15, -0.1) is 0 Å². The lowest BCUT2D eigenvalue weighted by atomic mass is 9.87. The first kappa shape index (κ1) is 16.7. The summed E-state index contributed by atoms with van der Waals surface area (Å²) >= 11 is 3.49. The minimum absolute atomic E-state index is 0.422. The Bertz CT molecular complexity index is 351. The van der Waals surface area contributed by atoms with Crippen LogP contribution in [0.4, 0.5) is 0 Å². The minimum Gasteiger partial charge on any atom is -0.314 e. The van der Waals surface area contributed by atoms with Gasteiger partial charge in [0, 0.05) is 10.5 Å². The van der Waals surface area contributed by atoms with Gasteiger partial charge in [0.15, 0.2) is 0 Å². The molecule has 1 rings (SSSR count). The van der Waals surface area contributed by atoms with E-state index in [9.17, 15) is 0 Å². The van der Waals surface area contributed by atoms with E-state index in [4.69, 9.17) is 0 Å². The molecule has 1 nitrogen and oxygen atoms in total. The van der Waals surface area contributed by atoms with Crippen LogP contribution in [0.2, 0.25) is 0 Å². The summed E-state index contributed by atoms with van der Waals surface area (Å²) in [5.41, 5.74) is 1.84. The number of benzene rings is 1. The van der Waals surface area contributed by atoms with Gasteiger partial charge in [0.05, 0.1) is 0 Å². The molecule has 0 bridgehead atoms. The van der Waals surface area contributed by atoms with E-state index in [0.717, 1.165) is 17.4 Å². The van der Waals surface area contributed by atoms with E-state index in [1.54, 1.807) is 0 Å². The highest BCUT2D eigenvalue weighted by molar-refractivity contribution is 9.10. The topological polar surface area (TPSA) is 12.0 Å². The van der Waals surface area contributed by atoms with Crippen LogP contribution in [-0.4, -0.2) is 12.6 Å². The smallest absolute Gasteiger partial charge is 0.0175 e. The lowest BCUT2D eigenvalue weighted by Crippen LogP contribution is -2.32. The second kappa shape index (κ2) is 8.06. The van der Waals surface area contributed by atoms with Crippen molar-refractivity contribution >= 4 is 15.9 Å². The van der Waals surface area contributed by atoms with Gasteiger partial charge in [0.2, 0.25) is 0 Å². The Morgan fingerprint density at radius 3 is 2.32 bits per heavy atom. The van der Waals surface area contributed by atoms with E-state index in [-0.39, 0.29) is 0 Å². The van der Waals surface area contributed by atoms with Crippen LogP contribution >= 0.6 is 15.9 Å². The number of hydrogen-bond donors (Lipinski definition) is 1. The Labute approximate surface area is 127 Å². The average molecular weight is 326 g/mol. The van der Waals surface area contributed by atoms with E-state index < -0.39 is 0 Å². The van der Waals surface area contributed by atoms with Gasteiger partial charge in [-0.25, -0.2) is 0 Å². The molecule has 0 fully saturated rings. The maximum absolute atomic E-state index is 3.69. The van der Waals surface area contributed by atoms with Crippen molar-refractivity contribution in [1.82, 2.24) is 5.32 Å². The zero-order valence-electron chi connectivity index (χ0n) is 12.8. The van der Waals surface area contributed by atoms with Crippen LogP contribution in [0.15, 0.2) is 28.7 Å². The molecular formula is C17H28BrN. The lowest BCUT2D eigenvalue weighted by Gasteiger charge is -2.24. The van der Waals surface area contributed by atoms with E-state index in [2.05, 4.69) is 73.2 Å². The van der Waals surface area contributed by atoms with Gasteiger partial charge in [-0.3, -0.25) is 0 Å². The van der Waals surface area contributed by atoms with Crippen LogP contribution in [0, 0.1) is 5.41 Å². The fourth-order valence-electron chi connectivity index (χ4n) is 2.14. The highest BCUT2D eigenvalue weighted by atomic mass is 79.9. The van der Waals surface area contributed by atoms with E-state index in [0.29, 0.717) is 11.5 Å². The number of hydrogen-bond acceptors (Lipinski definition) is 1. The van der Waals surface area contributed by atoms with Gasteiger partial charge in [-0.1, -0.05) is 55.8 Å². The Morgan fingerprint density at radius 2 is 1.79 bits per heavy atom. The van der Waals surface area contributed by atoms with Gasteiger partial charge in [0.25, 0.3) is 0 Å². The van der Waals surface area contributed by atoms with Crippen molar-refractivity contribution in [2.75, 3.05) is 6.54 Å². The van der Waals surface area contributed by atoms with Crippen LogP contribution in [0.3, 0.4) is 0 Å². The third kappa shape index (κ3) is 7.74. The third-order valence-electron chi connectivity index (χ3n) is 3.32. The molecule has 2 heteroatoms. The molecule has 1 atom stereocenters. The summed E-state index contributed by atoms with van der Waals surface area (Å²) in [5.74, 6) is 0. The summed E-state index contributed by atoms with van der Waals surface area (Å²) in [6.45, 7) is 10.3. The van der Waals surface area contributed by atoms with Crippen molar-refractivity contribution in [1.29, 1.82) is 0 Å². The SMILES string of the molecule is CCCNC(CCC(C)(C)C)Cc1ccc(Br)cc1. The van der Waals surface area contributed by atoms with Crippen molar-refractivity contribution in [2.24, 2.45) is 5.41 Å². The van der Waals surface area contributed by atoms with Crippen molar-refractivity contribution in [2.45, 2.75) is 59.4 Å². The fourth-order valence-corrected chi connectivity index (χ4v) is 2.40. The molecule has 108 valence electrons. The highest BCUT2D eigenvalue weighted by Crippen LogP contribution is 2.23. The van der Waals surface area contributed by atoms with Crippen LogP contribution in [0.25, 0.3) is 0 Å². The summed E-state index contributed by atoms with van der Waals surface area (Å²) in [6, 6.07) is 9.32. The molecule has 0 amide bonds. The number of halogens is 1. The van der Waals surface area contributed by atoms with Gasteiger partial charge < -0.3 is 5.32 Å². The van der Waals surface area contributed by atoms with E-state index >= 15 is 0 Å². The summed E-state index contributed by atoms with van der Waals surface area (Å²) in [5, 5.41) is 3.69. The molecular weight excluding hydrogens is 298 g/mol. The molecule has 19 heavy (non-hydrogen) atoms. The van der Waals surface area contributed by atoms with Crippen LogP contribution in [-0.2, 0) is 6.42 Å². The highest BCUT2D eigenvalue weighted by Gasteiger charge is 2.15. The largest absolute Gasteiger partial charge is 0.314 e. The third-order valence-corrected chi connectivity index (χ3v) is 3.85. The normalized spacial score (nSPS) is 13.5. The molecule has 0 aliphatic rings. The quantitative estimate of drug-likeness (QED) is 0.727. The summed E-state index contributed by atoms with van der Waals surface area (Å²) < 4.78 is 1.16. The zero-order chi connectivity index (χ0) is 14.3. The van der Waals surface area contributed by atoms with Crippen LogP contribution in [0.5, 0.6) is 0 Å². The van der Waals surface area contributed by atoms with E-state index in [1.807, 2.05) is 0 Å². The first-order valence-corrected chi connectivity index (χ1v) is 8.18. The molecule has 0 aliphatic carbocycles. The maximum Gasteiger partial charge on any atom is 0.0175 e. The first-order valence-electron chi connectivity index (χ1n) is 7.38. The molecule has 0 aliphatic heterocycles. The van der Waals surface area contributed by atoms with Crippen molar-refractivity contribution in [3.8, 4) is 0 Å². The first-order chi connectivity index (χ1) is 8.90. The molecule has 0 saturated heterocycles. The molecule has 0 aromatic heterocycles. The predicted octanol–water partition coefficient (Wildman–Crippen LogP) is 5.19. The molecule has 1 N–H and O–H groups in total. The Kier molecular flexibility index (Phi) is 7.09. The molecule has 1 unspecified atom stereocenters. The number of rotatable bonds is 7. The van der Waals surface area contributed by atoms with Gasteiger partial charge >= 0.3 is 0 Å². The minimum atomic E-state index is 0.422. The van der Waals surface area contributed by atoms with Gasteiger partial charge in [-0.05, 0) is 55.3 Å². The van der Waals surface area contributed by atoms with Gasteiger partial charge in [0.1, 0.15) is 0 Å². The fraction of sp³-hybridized carbons (Fsp3) is 0.647. The second-order valence-electron chi connectivity index (χ2n) is 6.58. The molecule has 0 radical (unpaired) electrons. The Balaban J connectivity index is 2.55. The van der Waals surface area contributed by atoms with Crippen molar-refractivity contribution in [3.63, 3.8) is 0 Å². The van der Waals surface area contributed by atoms with Crippen molar-refractivity contribution < 1.29 is 0 Å². The van der Waals surface area contributed by atoms with E-state index in [1.165, 1.54) is 24.8 Å². The lowest BCUT2D eigenvalue weighted by molar-refractivity contribution is 0.328. The molecule has 0 heterocycles. The van der Waals surface area contributed by atoms with Crippen LogP contribution < -0.4 is 5.32 Å². The average Bonchev–Trinajstić information content (AvgIpc) is 2.34. The summed E-state index contributed by atoms with van der Waals surface area (Å²) in [4.78, 5) is 0. The second-order valence-corrected chi connectivity index (χ2v) is 7.50. The molecule has 1 aromatic rings. The summed E-state index contributed by atoms with van der Waals surface area (Å²) in [7, 11) is 0. The maximum atomic E-state index is 3.69. The predicted molar refractivity (Wildman–Crippen MR) is 88.6 cm³/mol. The number of nitrogens with one attached hydrogen (secondary N) is 1. The molecule has 0 spiro atoms. The monoisotopic (exact) mass is 325 g/mol.